The molecule has 1 amide bonds. The molecular weight excluding hydrogens is 390 g/mol. The van der Waals surface area contributed by atoms with Gasteiger partial charge in [-0.05, 0) is 50.2 Å². The first-order chi connectivity index (χ1) is 14.0. The van der Waals surface area contributed by atoms with Gasteiger partial charge >= 0.3 is 0 Å². The van der Waals surface area contributed by atoms with Crippen LogP contribution in [0.5, 0.6) is 0 Å². The van der Waals surface area contributed by atoms with Crippen LogP contribution in [0.2, 0.25) is 0 Å². The van der Waals surface area contributed by atoms with E-state index in [1.807, 2.05) is 6.07 Å². The predicted molar refractivity (Wildman–Crippen MR) is 108 cm³/mol. The number of piperidine rings is 1. The van der Waals surface area contributed by atoms with Crippen LogP contribution in [-0.4, -0.2) is 52.8 Å². The molecule has 2 heterocycles. The molecule has 1 saturated carbocycles. The van der Waals surface area contributed by atoms with Crippen molar-refractivity contribution in [2.75, 3.05) is 13.1 Å². The van der Waals surface area contributed by atoms with Crippen molar-refractivity contribution in [1.82, 2.24) is 24.6 Å². The zero-order valence-corrected chi connectivity index (χ0v) is 17.2. The molecule has 1 unspecified atom stereocenters. The number of hydrogen-bond donors (Lipinski definition) is 1. The van der Waals surface area contributed by atoms with Gasteiger partial charge in [-0.3, -0.25) is 9.48 Å². The molecule has 9 heteroatoms. The summed E-state index contributed by atoms with van der Waals surface area (Å²) >= 11 is 0. The first-order valence-electron chi connectivity index (χ1n) is 10.3. The summed E-state index contributed by atoms with van der Waals surface area (Å²) in [4.78, 5) is 12.5. The van der Waals surface area contributed by atoms with E-state index in [0.717, 1.165) is 19.3 Å². The number of hydrogen-bond acceptors (Lipinski definition) is 5. The van der Waals surface area contributed by atoms with Crippen LogP contribution in [0.15, 0.2) is 41.4 Å². The fraction of sp³-hybridized carbons (Fsp3) is 0.550. The number of rotatable bonds is 8. The van der Waals surface area contributed by atoms with E-state index in [0.29, 0.717) is 42.6 Å². The van der Waals surface area contributed by atoms with Gasteiger partial charge in [0.25, 0.3) is 5.91 Å². The Hall–Kier alpha value is -2.26. The van der Waals surface area contributed by atoms with E-state index in [1.54, 1.807) is 39.4 Å². The Kier molecular flexibility index (Phi) is 5.96. The van der Waals surface area contributed by atoms with Crippen molar-refractivity contribution in [2.24, 2.45) is 5.92 Å². The van der Waals surface area contributed by atoms with E-state index in [1.165, 1.54) is 12.8 Å². The molecule has 1 saturated heterocycles. The van der Waals surface area contributed by atoms with Gasteiger partial charge in [0.1, 0.15) is 0 Å². The number of nitrogens with zero attached hydrogens (tertiary/aromatic N) is 4. The van der Waals surface area contributed by atoms with Crippen molar-refractivity contribution < 1.29 is 13.2 Å². The lowest BCUT2D eigenvalue weighted by Gasteiger charge is -2.34. The third kappa shape index (κ3) is 4.84. The molecule has 2 fully saturated rings. The van der Waals surface area contributed by atoms with Crippen LogP contribution in [-0.2, 0) is 16.6 Å². The third-order valence-electron chi connectivity index (χ3n) is 5.63. The molecule has 8 nitrogen and oxygen atoms in total. The lowest BCUT2D eigenvalue weighted by atomic mass is 10.0. The van der Waals surface area contributed by atoms with Crippen LogP contribution in [0.1, 0.15) is 49.0 Å². The monoisotopic (exact) mass is 417 g/mol. The van der Waals surface area contributed by atoms with Crippen LogP contribution < -0.4 is 5.32 Å². The maximum absolute atomic E-state index is 13.1. The Morgan fingerprint density at radius 3 is 2.69 bits per heavy atom. The molecule has 1 aliphatic carbocycles. The highest BCUT2D eigenvalue weighted by atomic mass is 32.2. The van der Waals surface area contributed by atoms with E-state index in [9.17, 15) is 13.2 Å². The molecule has 1 N–H and O–H groups in total. The summed E-state index contributed by atoms with van der Waals surface area (Å²) in [7, 11) is -3.51. The van der Waals surface area contributed by atoms with E-state index in [-0.39, 0.29) is 11.9 Å². The fourth-order valence-electron chi connectivity index (χ4n) is 3.75. The molecule has 0 bridgehead atoms. The Balaban J connectivity index is 1.38. The van der Waals surface area contributed by atoms with Crippen molar-refractivity contribution >= 4 is 15.9 Å². The van der Waals surface area contributed by atoms with Crippen molar-refractivity contribution in [2.45, 2.75) is 56.0 Å². The highest BCUT2D eigenvalue weighted by Gasteiger charge is 2.33. The van der Waals surface area contributed by atoms with Crippen LogP contribution in [0.4, 0.5) is 0 Å². The van der Waals surface area contributed by atoms with E-state index < -0.39 is 10.0 Å². The van der Waals surface area contributed by atoms with Crippen LogP contribution in [0.25, 0.3) is 0 Å². The minimum Gasteiger partial charge on any atom is -0.350 e. The average Bonchev–Trinajstić information content (AvgIpc) is 3.46. The van der Waals surface area contributed by atoms with E-state index in [4.69, 9.17) is 0 Å². The first-order valence-corrected chi connectivity index (χ1v) is 11.7. The maximum Gasteiger partial charge on any atom is 0.273 e. The zero-order chi connectivity index (χ0) is 20.3. The number of sulfonamides is 1. The number of carbonyl (C=O) groups excluding carboxylic acids is 1. The van der Waals surface area contributed by atoms with Crippen molar-refractivity contribution in [1.29, 1.82) is 0 Å². The van der Waals surface area contributed by atoms with Crippen molar-refractivity contribution in [3.05, 3.63) is 42.2 Å². The molecule has 156 valence electrons. The summed E-state index contributed by atoms with van der Waals surface area (Å²) in [5, 5.41) is 10.9. The van der Waals surface area contributed by atoms with Crippen LogP contribution >= 0.6 is 0 Å². The third-order valence-corrected chi connectivity index (χ3v) is 7.60. The van der Waals surface area contributed by atoms with E-state index in [2.05, 4.69) is 15.6 Å². The van der Waals surface area contributed by atoms with E-state index >= 15 is 0 Å². The fourth-order valence-corrected chi connectivity index (χ4v) is 5.49. The predicted octanol–water partition coefficient (Wildman–Crippen LogP) is 2.05. The SMILES string of the molecule is O=C(NCC1CC1)c1cn(CCC2CCCCN2S(=O)(=O)c2ccccc2)nn1. The second kappa shape index (κ2) is 8.62. The normalized spacial score (nSPS) is 20.5. The molecule has 4 rings (SSSR count). The molecule has 1 atom stereocenters. The summed E-state index contributed by atoms with van der Waals surface area (Å²) in [5.74, 6) is 0.409. The lowest BCUT2D eigenvalue weighted by molar-refractivity contribution is 0.0946. The summed E-state index contributed by atoms with van der Waals surface area (Å²) in [6.45, 7) is 1.75. The smallest absolute Gasteiger partial charge is 0.273 e. The zero-order valence-electron chi connectivity index (χ0n) is 16.4. The quantitative estimate of drug-likeness (QED) is 0.709. The minimum absolute atomic E-state index is 0.0784. The molecule has 0 radical (unpaired) electrons. The van der Waals surface area contributed by atoms with Gasteiger partial charge in [-0.1, -0.05) is 29.8 Å². The maximum atomic E-state index is 13.1. The Morgan fingerprint density at radius 1 is 1.14 bits per heavy atom. The summed E-state index contributed by atoms with van der Waals surface area (Å²) in [5.41, 5.74) is 0.308. The Labute approximate surface area is 171 Å². The molecule has 29 heavy (non-hydrogen) atoms. The molecule has 2 aliphatic rings. The average molecular weight is 418 g/mol. The molecule has 1 aromatic heterocycles. The number of aromatic nitrogens is 3. The van der Waals surface area contributed by atoms with Crippen LogP contribution in [0, 0.1) is 5.92 Å². The summed E-state index contributed by atoms with van der Waals surface area (Å²) in [6.07, 6.45) is 7.34. The molecule has 0 spiro atoms. The highest BCUT2D eigenvalue weighted by molar-refractivity contribution is 7.89. The summed E-state index contributed by atoms with van der Waals surface area (Å²) in [6, 6.07) is 8.52. The van der Waals surface area contributed by atoms with Gasteiger partial charge in [0.05, 0.1) is 11.1 Å². The van der Waals surface area contributed by atoms with Gasteiger partial charge in [-0.15, -0.1) is 5.10 Å². The Morgan fingerprint density at radius 2 is 1.93 bits per heavy atom. The topological polar surface area (TPSA) is 97.2 Å². The Bertz CT molecular complexity index is 940. The second-order valence-electron chi connectivity index (χ2n) is 7.89. The number of benzene rings is 1. The van der Waals surface area contributed by atoms with Gasteiger partial charge in [-0.2, -0.15) is 4.31 Å². The number of nitrogens with one attached hydrogen (secondary N) is 1. The molecule has 1 aromatic carbocycles. The number of amides is 1. The molecule has 2 aromatic rings. The van der Waals surface area contributed by atoms with Gasteiger partial charge in [0.2, 0.25) is 10.0 Å². The molecule has 1 aliphatic heterocycles. The highest BCUT2D eigenvalue weighted by Crippen LogP contribution is 2.28. The first kappa shape index (κ1) is 20.0. The number of aryl methyl sites for hydroxylation is 1. The van der Waals surface area contributed by atoms with Gasteiger partial charge in [-0.25, -0.2) is 8.42 Å². The van der Waals surface area contributed by atoms with Crippen molar-refractivity contribution in [3.63, 3.8) is 0 Å². The molecular formula is C20H27N5O3S. The number of carbonyl (C=O) groups is 1. The van der Waals surface area contributed by atoms with Crippen LogP contribution in [0.3, 0.4) is 0 Å². The lowest BCUT2D eigenvalue weighted by Crippen LogP contribution is -2.44. The standard InChI is InChI=1S/C20H27N5O3S/c26-20(21-14-16-9-10-16)19-15-24(23-22-19)13-11-17-6-4-5-12-25(17)29(27,28)18-7-2-1-3-8-18/h1-3,7-8,15-17H,4-6,9-14H2,(H,21,26). The van der Waals surface area contributed by atoms with Gasteiger partial charge in [0.15, 0.2) is 5.69 Å². The van der Waals surface area contributed by atoms with Gasteiger partial charge in [0, 0.05) is 25.7 Å². The summed E-state index contributed by atoms with van der Waals surface area (Å²) < 4.78 is 29.4. The van der Waals surface area contributed by atoms with Crippen molar-refractivity contribution in [3.8, 4) is 0 Å². The second-order valence-corrected chi connectivity index (χ2v) is 9.78. The minimum atomic E-state index is -3.51. The largest absolute Gasteiger partial charge is 0.350 e. The van der Waals surface area contributed by atoms with Gasteiger partial charge < -0.3 is 5.32 Å².